The first kappa shape index (κ1) is 10.1. The van der Waals surface area contributed by atoms with Gasteiger partial charge in [-0.25, -0.2) is 4.79 Å². The van der Waals surface area contributed by atoms with E-state index < -0.39 is 0 Å². The van der Waals surface area contributed by atoms with E-state index >= 15 is 0 Å². The van der Waals surface area contributed by atoms with Crippen molar-refractivity contribution in [1.29, 1.82) is 0 Å². The molecule has 1 aromatic carbocycles. The van der Waals surface area contributed by atoms with Gasteiger partial charge < -0.3 is 0 Å². The van der Waals surface area contributed by atoms with Crippen molar-refractivity contribution in [2.75, 3.05) is 0 Å². The second-order valence-electron chi connectivity index (χ2n) is 4.42. The summed E-state index contributed by atoms with van der Waals surface area (Å²) < 4.78 is 0. The number of hydrogen-bond donors (Lipinski definition) is 0. The SMILES string of the molecule is O=C=NC1(c2ccc3cnncc3c2)CCC1. The summed E-state index contributed by atoms with van der Waals surface area (Å²) in [6.07, 6.45) is 8.12. The van der Waals surface area contributed by atoms with Crippen molar-refractivity contribution in [1.82, 2.24) is 10.2 Å². The number of carbonyl (C=O) groups excluding carboxylic acids is 1. The summed E-state index contributed by atoms with van der Waals surface area (Å²) in [7, 11) is 0. The Hall–Kier alpha value is -2.06. The number of isocyanates is 1. The standard InChI is InChI=1S/C13H11N3O/c17-9-14-13(4-1-5-13)12-3-2-10-7-15-16-8-11(10)6-12/h2-3,6-8H,1,4-5H2. The number of benzene rings is 1. The van der Waals surface area contributed by atoms with Crippen LogP contribution in [-0.2, 0) is 10.3 Å². The monoisotopic (exact) mass is 225 g/mol. The van der Waals surface area contributed by atoms with Crippen molar-refractivity contribution in [2.24, 2.45) is 4.99 Å². The normalized spacial score (nSPS) is 17.2. The third-order valence-electron chi connectivity index (χ3n) is 3.52. The van der Waals surface area contributed by atoms with Crippen LogP contribution in [0.3, 0.4) is 0 Å². The van der Waals surface area contributed by atoms with E-state index in [0.717, 1.165) is 35.6 Å². The van der Waals surface area contributed by atoms with Gasteiger partial charge in [0, 0.05) is 10.8 Å². The quantitative estimate of drug-likeness (QED) is 0.582. The topological polar surface area (TPSA) is 55.2 Å². The van der Waals surface area contributed by atoms with Crippen molar-refractivity contribution in [3.63, 3.8) is 0 Å². The molecule has 0 bridgehead atoms. The van der Waals surface area contributed by atoms with E-state index in [4.69, 9.17) is 0 Å². The minimum atomic E-state index is -0.334. The molecule has 1 heterocycles. The summed E-state index contributed by atoms with van der Waals surface area (Å²) in [6.45, 7) is 0. The summed E-state index contributed by atoms with van der Waals surface area (Å²) in [5.74, 6) is 0. The molecular formula is C13H11N3O. The van der Waals surface area contributed by atoms with E-state index in [1.807, 2.05) is 18.2 Å². The predicted octanol–water partition coefficient (Wildman–Crippen LogP) is 2.34. The highest BCUT2D eigenvalue weighted by atomic mass is 16.1. The van der Waals surface area contributed by atoms with E-state index in [-0.39, 0.29) is 5.54 Å². The van der Waals surface area contributed by atoms with Crippen LogP contribution in [0.5, 0.6) is 0 Å². The number of nitrogens with zero attached hydrogens (tertiary/aromatic N) is 3. The van der Waals surface area contributed by atoms with Crippen molar-refractivity contribution >= 4 is 16.9 Å². The smallest absolute Gasteiger partial charge is 0.211 e. The van der Waals surface area contributed by atoms with Crippen LogP contribution in [0.4, 0.5) is 0 Å². The fourth-order valence-electron chi connectivity index (χ4n) is 2.35. The zero-order chi connectivity index (χ0) is 11.7. The first-order chi connectivity index (χ1) is 8.34. The van der Waals surface area contributed by atoms with Crippen LogP contribution in [0.15, 0.2) is 35.6 Å². The molecule has 1 aromatic heterocycles. The molecule has 0 amide bonds. The molecule has 0 N–H and O–H groups in total. The van der Waals surface area contributed by atoms with Crippen molar-refractivity contribution in [2.45, 2.75) is 24.8 Å². The summed E-state index contributed by atoms with van der Waals surface area (Å²) in [4.78, 5) is 14.5. The Morgan fingerprint density at radius 2 is 1.94 bits per heavy atom. The third kappa shape index (κ3) is 1.54. The molecule has 0 atom stereocenters. The lowest BCUT2D eigenvalue weighted by atomic mass is 9.72. The zero-order valence-corrected chi connectivity index (χ0v) is 9.26. The second-order valence-corrected chi connectivity index (χ2v) is 4.42. The van der Waals surface area contributed by atoms with Crippen molar-refractivity contribution in [3.05, 3.63) is 36.2 Å². The Morgan fingerprint density at radius 1 is 1.18 bits per heavy atom. The van der Waals surface area contributed by atoms with Gasteiger partial charge in [-0.2, -0.15) is 15.2 Å². The van der Waals surface area contributed by atoms with Gasteiger partial charge in [-0.3, -0.25) is 0 Å². The maximum atomic E-state index is 10.5. The average Bonchev–Trinajstić information content (AvgIpc) is 2.33. The largest absolute Gasteiger partial charge is 0.235 e. The lowest BCUT2D eigenvalue weighted by molar-refractivity contribution is 0.256. The number of fused-ring (bicyclic) bond motifs is 1. The maximum absolute atomic E-state index is 10.5. The zero-order valence-electron chi connectivity index (χ0n) is 9.26. The molecule has 3 rings (SSSR count). The molecule has 1 saturated carbocycles. The highest BCUT2D eigenvalue weighted by molar-refractivity contribution is 5.81. The molecular weight excluding hydrogens is 214 g/mol. The molecule has 84 valence electrons. The molecule has 0 spiro atoms. The molecule has 1 fully saturated rings. The molecule has 17 heavy (non-hydrogen) atoms. The Kier molecular flexibility index (Phi) is 2.23. The predicted molar refractivity (Wildman–Crippen MR) is 63.2 cm³/mol. The van der Waals surface area contributed by atoms with Crippen LogP contribution < -0.4 is 0 Å². The summed E-state index contributed by atoms with van der Waals surface area (Å²) in [5, 5.41) is 9.79. The molecule has 4 heteroatoms. The van der Waals surface area contributed by atoms with Gasteiger partial charge in [0.15, 0.2) is 0 Å². The highest BCUT2D eigenvalue weighted by Gasteiger charge is 2.38. The first-order valence-electron chi connectivity index (χ1n) is 5.64. The minimum absolute atomic E-state index is 0.334. The Morgan fingerprint density at radius 3 is 2.59 bits per heavy atom. The van der Waals surface area contributed by atoms with E-state index in [1.54, 1.807) is 18.5 Å². The van der Waals surface area contributed by atoms with Crippen molar-refractivity contribution < 1.29 is 4.79 Å². The highest BCUT2D eigenvalue weighted by Crippen LogP contribution is 2.45. The van der Waals surface area contributed by atoms with Gasteiger partial charge >= 0.3 is 0 Å². The molecule has 1 aliphatic carbocycles. The lowest BCUT2D eigenvalue weighted by Crippen LogP contribution is -2.31. The molecule has 0 saturated heterocycles. The summed E-state index contributed by atoms with van der Waals surface area (Å²) >= 11 is 0. The number of rotatable bonds is 2. The molecule has 0 radical (unpaired) electrons. The van der Waals surface area contributed by atoms with Crippen LogP contribution >= 0.6 is 0 Å². The summed E-state index contributed by atoms with van der Waals surface area (Å²) in [6, 6.07) is 6.06. The number of aliphatic imine (C=N–C) groups is 1. The number of hydrogen-bond acceptors (Lipinski definition) is 4. The van der Waals surface area contributed by atoms with E-state index in [1.165, 1.54) is 0 Å². The second kappa shape index (κ2) is 3.75. The first-order valence-corrected chi connectivity index (χ1v) is 5.64. The molecule has 0 unspecified atom stereocenters. The number of aromatic nitrogens is 2. The molecule has 2 aromatic rings. The molecule has 4 nitrogen and oxygen atoms in total. The minimum Gasteiger partial charge on any atom is -0.211 e. The van der Waals surface area contributed by atoms with E-state index in [9.17, 15) is 4.79 Å². The van der Waals surface area contributed by atoms with Crippen molar-refractivity contribution in [3.8, 4) is 0 Å². The third-order valence-corrected chi connectivity index (χ3v) is 3.52. The van der Waals surface area contributed by atoms with Gasteiger partial charge in [0.05, 0.1) is 17.9 Å². The Bertz CT molecular complexity index is 613. The Labute approximate surface area is 98.4 Å². The van der Waals surface area contributed by atoms with Gasteiger partial charge in [0.2, 0.25) is 6.08 Å². The lowest BCUT2D eigenvalue weighted by Gasteiger charge is -2.37. The van der Waals surface area contributed by atoms with Gasteiger partial charge in [-0.05, 0) is 30.9 Å². The van der Waals surface area contributed by atoms with Gasteiger partial charge in [-0.15, -0.1) is 0 Å². The van der Waals surface area contributed by atoms with Gasteiger partial charge in [-0.1, -0.05) is 12.1 Å². The van der Waals surface area contributed by atoms with Gasteiger partial charge in [0.25, 0.3) is 0 Å². The van der Waals surface area contributed by atoms with E-state index in [2.05, 4.69) is 15.2 Å². The maximum Gasteiger partial charge on any atom is 0.235 e. The fourth-order valence-corrected chi connectivity index (χ4v) is 2.35. The molecule has 1 aliphatic rings. The summed E-state index contributed by atoms with van der Waals surface area (Å²) in [5.41, 5.74) is 0.742. The molecule has 0 aliphatic heterocycles. The van der Waals surface area contributed by atoms with Crippen LogP contribution in [0.1, 0.15) is 24.8 Å². The van der Waals surface area contributed by atoms with Crippen LogP contribution in [0.2, 0.25) is 0 Å². The van der Waals surface area contributed by atoms with Crippen LogP contribution in [0.25, 0.3) is 10.8 Å². The van der Waals surface area contributed by atoms with Gasteiger partial charge in [0.1, 0.15) is 0 Å². The van der Waals surface area contributed by atoms with E-state index in [0.29, 0.717) is 0 Å². The van der Waals surface area contributed by atoms with Crippen LogP contribution in [-0.4, -0.2) is 16.3 Å². The van der Waals surface area contributed by atoms with Crippen LogP contribution in [0, 0.1) is 0 Å². The fraction of sp³-hybridized carbons (Fsp3) is 0.308. The Balaban J connectivity index is 2.14. The average molecular weight is 225 g/mol.